The van der Waals surface area contributed by atoms with Gasteiger partial charge in [0.05, 0.1) is 0 Å². The van der Waals surface area contributed by atoms with Crippen LogP contribution in [-0.2, 0) is 16.0 Å². The molecule has 5 nitrogen and oxygen atoms in total. The fourth-order valence-corrected chi connectivity index (χ4v) is 5.04. The van der Waals surface area contributed by atoms with Gasteiger partial charge in [0.25, 0.3) is 0 Å². The zero-order valence-corrected chi connectivity index (χ0v) is 17.0. The minimum Gasteiger partial charge on any atom is -0.480 e. The van der Waals surface area contributed by atoms with E-state index in [-0.39, 0.29) is 18.4 Å². The Kier molecular flexibility index (Phi) is 4.94. The number of amides is 1. The zero-order chi connectivity index (χ0) is 21.4. The van der Waals surface area contributed by atoms with Crippen molar-refractivity contribution in [3.05, 3.63) is 95.1 Å². The molecule has 0 radical (unpaired) electrons. The zero-order valence-electron chi connectivity index (χ0n) is 17.0. The molecule has 1 amide bonds. The minimum absolute atomic E-state index is 0.0614. The van der Waals surface area contributed by atoms with Gasteiger partial charge >= 0.3 is 12.1 Å². The van der Waals surface area contributed by atoms with Crippen LogP contribution in [0.25, 0.3) is 11.1 Å². The summed E-state index contributed by atoms with van der Waals surface area (Å²) in [5.74, 6) is -1.36. The Morgan fingerprint density at radius 1 is 0.903 bits per heavy atom. The smallest absolute Gasteiger partial charge is 0.407 e. The minimum atomic E-state index is -1.05. The van der Waals surface area contributed by atoms with Gasteiger partial charge in [-0.25, -0.2) is 9.59 Å². The first-order valence-electron chi connectivity index (χ1n) is 10.6. The van der Waals surface area contributed by atoms with E-state index in [4.69, 9.17) is 4.74 Å². The number of ether oxygens (including phenoxy) is 1. The summed E-state index contributed by atoms with van der Waals surface area (Å²) in [6, 6.07) is 23.0. The summed E-state index contributed by atoms with van der Waals surface area (Å²) in [6.45, 7) is 0.160. The summed E-state index contributed by atoms with van der Waals surface area (Å²) in [5, 5.41) is 12.4. The second-order valence-corrected chi connectivity index (χ2v) is 8.13. The molecule has 2 aliphatic rings. The van der Waals surface area contributed by atoms with Gasteiger partial charge in [0.1, 0.15) is 12.6 Å². The molecule has 3 aromatic rings. The van der Waals surface area contributed by atoms with Gasteiger partial charge in [0.2, 0.25) is 0 Å². The maximum absolute atomic E-state index is 12.6. The van der Waals surface area contributed by atoms with Crippen molar-refractivity contribution in [2.24, 2.45) is 0 Å². The molecule has 0 bridgehead atoms. The number of carbonyl (C=O) groups is 2. The Morgan fingerprint density at radius 3 is 2.13 bits per heavy atom. The number of carboxylic acid groups (broad SMARTS) is 1. The van der Waals surface area contributed by atoms with Gasteiger partial charge in [0, 0.05) is 11.8 Å². The number of hydrogen-bond acceptors (Lipinski definition) is 3. The molecule has 0 aliphatic heterocycles. The maximum Gasteiger partial charge on any atom is 0.407 e. The Morgan fingerprint density at radius 2 is 1.48 bits per heavy atom. The second kappa shape index (κ2) is 7.91. The number of nitrogens with one attached hydrogen (secondary N) is 1. The number of carboxylic acids is 1. The number of aliphatic carboxylic acids is 1. The molecule has 156 valence electrons. The van der Waals surface area contributed by atoms with Crippen molar-refractivity contribution in [1.82, 2.24) is 5.32 Å². The number of benzene rings is 3. The molecule has 3 aromatic carbocycles. The first kappa shape index (κ1) is 19.4. The van der Waals surface area contributed by atoms with E-state index in [1.807, 2.05) is 48.5 Å². The fourth-order valence-electron chi connectivity index (χ4n) is 5.04. The fraction of sp³-hybridized carbons (Fsp3) is 0.231. The van der Waals surface area contributed by atoms with Crippen molar-refractivity contribution < 1.29 is 19.4 Å². The lowest BCUT2D eigenvalue weighted by molar-refractivity contribution is -0.140. The average Bonchev–Trinajstić information content (AvgIpc) is 3.35. The maximum atomic E-state index is 12.6. The highest BCUT2D eigenvalue weighted by molar-refractivity contribution is 5.82. The Labute approximate surface area is 180 Å². The molecule has 2 aliphatic carbocycles. The number of alkyl carbamates (subject to hydrolysis) is 1. The van der Waals surface area contributed by atoms with Crippen LogP contribution >= 0.6 is 0 Å². The molecule has 2 unspecified atom stereocenters. The largest absolute Gasteiger partial charge is 0.480 e. The van der Waals surface area contributed by atoms with Crippen LogP contribution in [0.4, 0.5) is 4.79 Å². The van der Waals surface area contributed by atoms with Gasteiger partial charge in [-0.3, -0.25) is 0 Å². The van der Waals surface area contributed by atoms with Crippen LogP contribution in [0.2, 0.25) is 0 Å². The topological polar surface area (TPSA) is 75.6 Å². The summed E-state index contributed by atoms with van der Waals surface area (Å²) in [5.41, 5.74) is 6.69. The second-order valence-electron chi connectivity index (χ2n) is 8.13. The van der Waals surface area contributed by atoms with Gasteiger partial charge in [-0.2, -0.15) is 0 Å². The standard InChI is InChI=1S/C26H23NO4/c28-25(29)24(22-14-13-16-7-1-2-8-17(16)22)27-26(30)31-15-23-20-11-5-3-9-18(20)19-10-4-6-12-21(19)23/h1-12,22-24H,13-15H2,(H,27,30)(H,28,29). The van der Waals surface area contributed by atoms with Crippen LogP contribution in [-0.4, -0.2) is 29.8 Å². The summed E-state index contributed by atoms with van der Waals surface area (Å²) in [6.07, 6.45) is 0.815. The number of rotatable bonds is 5. The van der Waals surface area contributed by atoms with E-state index >= 15 is 0 Å². The van der Waals surface area contributed by atoms with E-state index < -0.39 is 18.1 Å². The molecule has 0 fully saturated rings. The molecule has 0 saturated heterocycles. The van der Waals surface area contributed by atoms with E-state index in [1.54, 1.807) is 0 Å². The van der Waals surface area contributed by atoms with Gasteiger partial charge in [0.15, 0.2) is 0 Å². The molecular weight excluding hydrogens is 390 g/mol. The monoisotopic (exact) mass is 413 g/mol. The molecule has 0 saturated carbocycles. The Hall–Kier alpha value is -3.60. The normalized spacial score (nSPS) is 17.4. The first-order chi connectivity index (χ1) is 15.1. The summed E-state index contributed by atoms with van der Waals surface area (Å²) >= 11 is 0. The quantitative estimate of drug-likeness (QED) is 0.635. The van der Waals surface area contributed by atoms with Crippen LogP contribution in [0.3, 0.4) is 0 Å². The van der Waals surface area contributed by atoms with Crippen molar-refractivity contribution in [2.75, 3.05) is 6.61 Å². The van der Waals surface area contributed by atoms with Crippen LogP contribution < -0.4 is 5.32 Å². The Bertz CT molecular complexity index is 1110. The number of hydrogen-bond donors (Lipinski definition) is 2. The third kappa shape index (κ3) is 3.46. The van der Waals surface area contributed by atoms with Crippen molar-refractivity contribution in [3.63, 3.8) is 0 Å². The van der Waals surface area contributed by atoms with Crippen LogP contribution in [0.5, 0.6) is 0 Å². The van der Waals surface area contributed by atoms with E-state index in [1.165, 1.54) is 0 Å². The van der Waals surface area contributed by atoms with Crippen molar-refractivity contribution in [3.8, 4) is 11.1 Å². The van der Waals surface area contributed by atoms with Crippen LogP contribution in [0.15, 0.2) is 72.8 Å². The molecule has 5 rings (SSSR count). The van der Waals surface area contributed by atoms with E-state index in [0.29, 0.717) is 6.42 Å². The molecule has 2 atom stereocenters. The first-order valence-corrected chi connectivity index (χ1v) is 10.6. The highest BCUT2D eigenvalue weighted by atomic mass is 16.5. The molecular formula is C26H23NO4. The third-order valence-corrected chi connectivity index (χ3v) is 6.46. The van der Waals surface area contributed by atoms with Gasteiger partial charge in [-0.05, 0) is 46.2 Å². The predicted molar refractivity (Wildman–Crippen MR) is 117 cm³/mol. The van der Waals surface area contributed by atoms with Crippen molar-refractivity contribution in [2.45, 2.75) is 30.7 Å². The predicted octanol–water partition coefficient (Wildman–Crippen LogP) is 4.71. The third-order valence-electron chi connectivity index (χ3n) is 6.46. The molecule has 2 N–H and O–H groups in total. The number of aryl methyl sites for hydroxylation is 1. The van der Waals surface area contributed by atoms with Crippen molar-refractivity contribution in [1.29, 1.82) is 0 Å². The van der Waals surface area contributed by atoms with Gasteiger partial charge in [-0.15, -0.1) is 0 Å². The highest BCUT2D eigenvalue weighted by Gasteiger charge is 2.36. The van der Waals surface area contributed by atoms with Crippen molar-refractivity contribution >= 4 is 12.1 Å². The SMILES string of the molecule is O=C(NC(C(=O)O)C1CCc2ccccc21)OCC1c2ccccc2-c2ccccc21. The van der Waals surface area contributed by atoms with E-state index in [9.17, 15) is 14.7 Å². The molecule has 0 heterocycles. The summed E-state index contributed by atoms with van der Waals surface area (Å²) in [7, 11) is 0. The van der Waals surface area contributed by atoms with Gasteiger partial charge in [-0.1, -0.05) is 72.8 Å². The average molecular weight is 413 g/mol. The van der Waals surface area contributed by atoms with E-state index in [0.717, 1.165) is 39.8 Å². The molecule has 5 heteroatoms. The summed E-state index contributed by atoms with van der Waals surface area (Å²) in [4.78, 5) is 24.6. The van der Waals surface area contributed by atoms with E-state index in [2.05, 4.69) is 29.6 Å². The lowest BCUT2D eigenvalue weighted by Crippen LogP contribution is -2.45. The number of carbonyl (C=O) groups excluding carboxylic acids is 1. The molecule has 0 spiro atoms. The lowest BCUT2D eigenvalue weighted by Gasteiger charge is -2.22. The lowest BCUT2D eigenvalue weighted by atomic mass is 9.93. The summed E-state index contributed by atoms with van der Waals surface area (Å²) < 4.78 is 5.55. The molecule has 31 heavy (non-hydrogen) atoms. The molecule has 0 aromatic heterocycles. The van der Waals surface area contributed by atoms with Crippen LogP contribution in [0, 0.1) is 0 Å². The van der Waals surface area contributed by atoms with Crippen LogP contribution in [0.1, 0.15) is 40.5 Å². The highest BCUT2D eigenvalue weighted by Crippen LogP contribution is 2.44. The Balaban J connectivity index is 1.30. The van der Waals surface area contributed by atoms with Gasteiger partial charge < -0.3 is 15.2 Å². The number of fused-ring (bicyclic) bond motifs is 4.